The molecule has 0 aromatic heterocycles. The van der Waals surface area contributed by atoms with Crippen molar-refractivity contribution in [2.75, 3.05) is 12.8 Å². The maximum absolute atomic E-state index is 11.9. The highest BCUT2D eigenvalue weighted by atomic mass is 32.2. The van der Waals surface area contributed by atoms with Crippen molar-refractivity contribution in [1.82, 2.24) is 10.0 Å². The second kappa shape index (κ2) is 7.16. The zero-order valence-corrected chi connectivity index (χ0v) is 13.5. The molecule has 0 fully saturated rings. The SMILES string of the molecule is CCCC(C(=O)NCC(C)(C)NS(C)(=O)=O)C(N)=S. The Morgan fingerprint density at radius 2 is 1.95 bits per heavy atom. The summed E-state index contributed by atoms with van der Waals surface area (Å²) in [4.78, 5) is 12.1. The Morgan fingerprint density at radius 3 is 2.32 bits per heavy atom. The smallest absolute Gasteiger partial charge is 0.229 e. The molecule has 0 radical (unpaired) electrons. The second-order valence-corrected chi connectivity index (χ2v) is 7.44. The Morgan fingerprint density at radius 1 is 1.42 bits per heavy atom. The molecule has 1 unspecified atom stereocenters. The van der Waals surface area contributed by atoms with E-state index >= 15 is 0 Å². The van der Waals surface area contributed by atoms with Crippen LogP contribution in [0.25, 0.3) is 0 Å². The molecule has 0 aliphatic heterocycles. The first kappa shape index (κ1) is 18.3. The van der Waals surface area contributed by atoms with Gasteiger partial charge < -0.3 is 11.1 Å². The van der Waals surface area contributed by atoms with Gasteiger partial charge in [-0.3, -0.25) is 4.79 Å². The van der Waals surface area contributed by atoms with Gasteiger partial charge in [0.2, 0.25) is 15.9 Å². The molecule has 0 aliphatic rings. The number of rotatable bonds is 8. The molecule has 19 heavy (non-hydrogen) atoms. The third-order valence-corrected chi connectivity index (χ3v) is 3.61. The lowest BCUT2D eigenvalue weighted by Gasteiger charge is -2.26. The van der Waals surface area contributed by atoms with Gasteiger partial charge in [-0.05, 0) is 20.3 Å². The second-order valence-electron chi connectivity index (χ2n) is 5.22. The summed E-state index contributed by atoms with van der Waals surface area (Å²) >= 11 is 4.86. The average Bonchev–Trinajstić information content (AvgIpc) is 2.18. The predicted octanol–water partition coefficient (Wildman–Crippen LogP) is 0.133. The van der Waals surface area contributed by atoms with Crippen molar-refractivity contribution < 1.29 is 13.2 Å². The number of amides is 1. The minimum absolute atomic E-state index is 0.160. The Hall–Kier alpha value is -0.730. The summed E-state index contributed by atoms with van der Waals surface area (Å²) in [7, 11) is -3.33. The molecule has 0 saturated heterocycles. The van der Waals surface area contributed by atoms with Gasteiger partial charge in [0.05, 0.1) is 17.2 Å². The molecule has 4 N–H and O–H groups in total. The average molecular weight is 309 g/mol. The summed E-state index contributed by atoms with van der Waals surface area (Å²) in [6.07, 6.45) is 2.45. The highest BCUT2D eigenvalue weighted by Gasteiger charge is 2.26. The Labute approximate surface area is 120 Å². The van der Waals surface area contributed by atoms with Gasteiger partial charge in [0, 0.05) is 12.1 Å². The fourth-order valence-corrected chi connectivity index (χ4v) is 2.96. The van der Waals surface area contributed by atoms with Crippen LogP contribution in [0.2, 0.25) is 0 Å². The summed E-state index contributed by atoms with van der Waals surface area (Å²) < 4.78 is 24.8. The molecule has 1 amide bonds. The summed E-state index contributed by atoms with van der Waals surface area (Å²) in [5, 5.41) is 2.68. The van der Waals surface area contributed by atoms with Crippen LogP contribution in [0, 0.1) is 5.92 Å². The van der Waals surface area contributed by atoms with Gasteiger partial charge in [-0.25, -0.2) is 13.1 Å². The van der Waals surface area contributed by atoms with E-state index in [0.29, 0.717) is 6.42 Å². The topological polar surface area (TPSA) is 101 Å². The number of sulfonamides is 1. The summed E-state index contributed by atoms with van der Waals surface area (Å²) in [5.74, 6) is -0.772. The molecule has 8 heteroatoms. The molecular formula is C11H23N3O3S2. The normalized spacial score (nSPS) is 13.9. The first-order chi connectivity index (χ1) is 8.48. The number of carbonyl (C=O) groups is 1. The number of carbonyl (C=O) groups excluding carboxylic acids is 1. The maximum atomic E-state index is 11.9. The van der Waals surface area contributed by atoms with Crippen LogP contribution in [0.1, 0.15) is 33.6 Å². The zero-order chi connectivity index (χ0) is 15.3. The van der Waals surface area contributed by atoms with E-state index in [9.17, 15) is 13.2 Å². The molecule has 0 aromatic carbocycles. The van der Waals surface area contributed by atoms with Gasteiger partial charge in [-0.1, -0.05) is 25.6 Å². The number of nitrogens with two attached hydrogens (primary N) is 1. The Bertz CT molecular complexity index is 432. The highest BCUT2D eigenvalue weighted by Crippen LogP contribution is 2.08. The molecule has 0 spiro atoms. The zero-order valence-electron chi connectivity index (χ0n) is 11.8. The minimum Gasteiger partial charge on any atom is -0.393 e. The van der Waals surface area contributed by atoms with E-state index in [2.05, 4.69) is 10.0 Å². The monoisotopic (exact) mass is 309 g/mol. The largest absolute Gasteiger partial charge is 0.393 e. The molecule has 6 nitrogen and oxygen atoms in total. The minimum atomic E-state index is -3.33. The molecule has 0 aromatic rings. The van der Waals surface area contributed by atoms with Crippen molar-refractivity contribution in [3.63, 3.8) is 0 Å². The molecule has 112 valence electrons. The number of thiocarbonyl (C=S) groups is 1. The van der Waals surface area contributed by atoms with Crippen molar-refractivity contribution in [2.24, 2.45) is 11.7 Å². The molecule has 0 heterocycles. The van der Waals surface area contributed by atoms with Gasteiger partial charge in [0.25, 0.3) is 0 Å². The van der Waals surface area contributed by atoms with E-state index in [1.54, 1.807) is 13.8 Å². The van der Waals surface area contributed by atoms with E-state index in [1.807, 2.05) is 6.92 Å². The lowest BCUT2D eigenvalue weighted by molar-refractivity contribution is -0.123. The third kappa shape index (κ3) is 8.12. The number of hydrogen-bond donors (Lipinski definition) is 3. The number of hydrogen-bond acceptors (Lipinski definition) is 4. The highest BCUT2D eigenvalue weighted by molar-refractivity contribution is 7.88. The van der Waals surface area contributed by atoms with Crippen LogP contribution < -0.4 is 15.8 Å². The first-order valence-corrected chi connectivity index (χ1v) is 8.34. The lowest BCUT2D eigenvalue weighted by Crippen LogP contribution is -2.52. The van der Waals surface area contributed by atoms with Crippen LogP contribution in [0.3, 0.4) is 0 Å². The molecule has 0 bridgehead atoms. The van der Waals surface area contributed by atoms with E-state index < -0.39 is 21.5 Å². The van der Waals surface area contributed by atoms with Gasteiger partial charge in [-0.15, -0.1) is 0 Å². The van der Waals surface area contributed by atoms with Gasteiger partial charge in [-0.2, -0.15) is 0 Å². The molecular weight excluding hydrogens is 286 g/mol. The first-order valence-electron chi connectivity index (χ1n) is 6.04. The van der Waals surface area contributed by atoms with Crippen LogP contribution in [0.5, 0.6) is 0 Å². The summed E-state index contributed by atoms with van der Waals surface area (Å²) in [6.45, 7) is 5.48. The van der Waals surface area contributed by atoms with E-state index in [0.717, 1.165) is 12.7 Å². The van der Waals surface area contributed by atoms with Crippen molar-refractivity contribution in [1.29, 1.82) is 0 Å². The van der Waals surface area contributed by atoms with Crippen molar-refractivity contribution in [3.8, 4) is 0 Å². The van der Waals surface area contributed by atoms with Crippen LogP contribution in [0.15, 0.2) is 0 Å². The van der Waals surface area contributed by atoms with Gasteiger partial charge in [0.15, 0.2) is 0 Å². The number of nitrogens with one attached hydrogen (secondary N) is 2. The fraction of sp³-hybridized carbons (Fsp3) is 0.818. The van der Waals surface area contributed by atoms with E-state index in [-0.39, 0.29) is 17.4 Å². The van der Waals surface area contributed by atoms with Gasteiger partial charge >= 0.3 is 0 Å². The fourth-order valence-electron chi connectivity index (χ4n) is 1.66. The van der Waals surface area contributed by atoms with Crippen LogP contribution in [-0.4, -0.2) is 37.7 Å². The predicted molar refractivity (Wildman–Crippen MR) is 80.3 cm³/mol. The van der Waals surface area contributed by atoms with Gasteiger partial charge in [0.1, 0.15) is 0 Å². The Kier molecular flexibility index (Phi) is 6.88. The third-order valence-electron chi connectivity index (χ3n) is 2.40. The summed E-state index contributed by atoms with van der Waals surface area (Å²) in [5.41, 5.74) is 4.76. The van der Waals surface area contributed by atoms with Crippen LogP contribution in [0.4, 0.5) is 0 Å². The standard InChI is InChI=1S/C11H23N3O3S2/c1-5-6-8(9(12)18)10(15)13-7-11(2,3)14-19(4,16)17/h8,14H,5-7H2,1-4H3,(H2,12,18)(H,13,15). The molecule has 1 atom stereocenters. The van der Waals surface area contributed by atoms with Crippen molar-refractivity contribution in [3.05, 3.63) is 0 Å². The molecule has 0 saturated carbocycles. The van der Waals surface area contributed by atoms with Crippen LogP contribution >= 0.6 is 12.2 Å². The van der Waals surface area contributed by atoms with E-state index in [4.69, 9.17) is 18.0 Å². The Balaban J connectivity index is 4.53. The lowest BCUT2D eigenvalue weighted by atomic mass is 10.0. The quantitative estimate of drug-likeness (QED) is 0.553. The van der Waals surface area contributed by atoms with E-state index in [1.165, 1.54) is 0 Å². The van der Waals surface area contributed by atoms with Crippen molar-refractivity contribution >= 4 is 33.1 Å². The van der Waals surface area contributed by atoms with Crippen LogP contribution in [-0.2, 0) is 14.8 Å². The van der Waals surface area contributed by atoms with Crippen molar-refractivity contribution in [2.45, 2.75) is 39.2 Å². The molecule has 0 aliphatic carbocycles. The molecule has 0 rings (SSSR count). The summed E-state index contributed by atoms with van der Waals surface area (Å²) in [6, 6.07) is 0. The maximum Gasteiger partial charge on any atom is 0.229 e.